The number of halogens is 1. The largest absolute Gasteiger partial charge is 0.339 e. The molecule has 25 heavy (non-hydrogen) atoms. The van der Waals surface area contributed by atoms with Gasteiger partial charge in [-0.2, -0.15) is 0 Å². The minimum Gasteiger partial charge on any atom is -0.339 e. The van der Waals surface area contributed by atoms with Gasteiger partial charge in [-0.05, 0) is 37.0 Å². The molecule has 1 aliphatic heterocycles. The molecule has 3 rings (SSSR count). The fraction of sp³-hybridized carbons (Fsp3) is 0.600. The lowest BCUT2D eigenvalue weighted by molar-refractivity contribution is -0.133. The van der Waals surface area contributed by atoms with Crippen LogP contribution in [0.25, 0.3) is 0 Å². The van der Waals surface area contributed by atoms with Gasteiger partial charge in [-0.3, -0.25) is 9.59 Å². The Labute approximate surface area is 149 Å². The maximum absolute atomic E-state index is 13.7. The zero-order valence-electron chi connectivity index (χ0n) is 15.0. The predicted molar refractivity (Wildman–Crippen MR) is 94.8 cm³/mol. The lowest BCUT2D eigenvalue weighted by Gasteiger charge is -2.35. The van der Waals surface area contributed by atoms with Crippen molar-refractivity contribution >= 4 is 11.8 Å². The molecule has 2 amide bonds. The topological polar surface area (TPSA) is 40.6 Å². The van der Waals surface area contributed by atoms with Crippen LogP contribution in [-0.4, -0.2) is 47.8 Å². The molecular formula is C20H27FN2O2. The van der Waals surface area contributed by atoms with E-state index in [0.717, 1.165) is 12.3 Å². The first-order valence-corrected chi connectivity index (χ1v) is 9.38. The first-order chi connectivity index (χ1) is 12.0. The minimum absolute atomic E-state index is 0.156. The van der Waals surface area contributed by atoms with Gasteiger partial charge in [0.1, 0.15) is 5.82 Å². The number of rotatable bonds is 4. The van der Waals surface area contributed by atoms with Crippen molar-refractivity contribution < 1.29 is 14.0 Å². The summed E-state index contributed by atoms with van der Waals surface area (Å²) in [6, 6.07) is 4.60. The number of carbonyl (C=O) groups is 2. The van der Waals surface area contributed by atoms with E-state index in [4.69, 9.17) is 0 Å². The molecule has 0 spiro atoms. The molecule has 1 heterocycles. The Hall–Kier alpha value is -1.91. The van der Waals surface area contributed by atoms with Crippen molar-refractivity contribution in [2.75, 3.05) is 26.2 Å². The first-order valence-electron chi connectivity index (χ1n) is 9.38. The van der Waals surface area contributed by atoms with Gasteiger partial charge in [0.2, 0.25) is 5.91 Å². The van der Waals surface area contributed by atoms with Gasteiger partial charge in [0.15, 0.2) is 0 Å². The predicted octanol–water partition coefficient (Wildman–Crippen LogP) is 3.39. The molecule has 5 heteroatoms. The van der Waals surface area contributed by atoms with Crippen molar-refractivity contribution in [1.29, 1.82) is 0 Å². The van der Waals surface area contributed by atoms with Gasteiger partial charge >= 0.3 is 0 Å². The maximum Gasteiger partial charge on any atom is 0.254 e. The van der Waals surface area contributed by atoms with E-state index in [0.29, 0.717) is 43.7 Å². The van der Waals surface area contributed by atoms with Crippen LogP contribution in [0.1, 0.15) is 54.4 Å². The third-order valence-corrected chi connectivity index (χ3v) is 5.58. The van der Waals surface area contributed by atoms with E-state index in [1.165, 1.54) is 31.7 Å². The highest BCUT2D eigenvalue weighted by Gasteiger charge is 2.26. The van der Waals surface area contributed by atoms with Crippen LogP contribution >= 0.6 is 0 Å². The fourth-order valence-electron chi connectivity index (χ4n) is 3.85. The summed E-state index contributed by atoms with van der Waals surface area (Å²) in [4.78, 5) is 28.4. The van der Waals surface area contributed by atoms with Crippen LogP contribution in [0.15, 0.2) is 18.2 Å². The molecule has 0 atom stereocenters. The zero-order chi connectivity index (χ0) is 17.8. The molecule has 0 aromatic heterocycles. The molecule has 136 valence electrons. The van der Waals surface area contributed by atoms with Gasteiger partial charge in [-0.15, -0.1) is 0 Å². The second-order valence-corrected chi connectivity index (χ2v) is 7.33. The summed E-state index contributed by atoms with van der Waals surface area (Å²) in [5.41, 5.74) is 0.915. The standard InChI is InChI=1S/C20H27FN2O2/c1-15-6-8-17(14-18(15)21)20(25)23-12-10-22(11-13-23)19(24)9-7-16-4-2-3-5-16/h6,8,14,16H,2-5,7,9-13H2,1H3. The number of benzene rings is 1. The van der Waals surface area contributed by atoms with Gasteiger partial charge in [0.05, 0.1) is 0 Å². The van der Waals surface area contributed by atoms with Crippen molar-refractivity contribution in [1.82, 2.24) is 9.80 Å². The average Bonchev–Trinajstić information content (AvgIpc) is 3.15. The molecule has 1 saturated carbocycles. The Balaban J connectivity index is 1.48. The highest BCUT2D eigenvalue weighted by molar-refractivity contribution is 5.94. The Bertz CT molecular complexity index is 633. The van der Waals surface area contributed by atoms with Gasteiger partial charge in [0, 0.05) is 38.2 Å². The number of hydrogen-bond acceptors (Lipinski definition) is 2. The summed E-state index contributed by atoms with van der Waals surface area (Å²) in [6.45, 7) is 3.86. The Morgan fingerprint density at radius 2 is 1.72 bits per heavy atom. The van der Waals surface area contributed by atoms with E-state index >= 15 is 0 Å². The van der Waals surface area contributed by atoms with E-state index in [1.807, 2.05) is 4.90 Å². The van der Waals surface area contributed by atoms with Crippen molar-refractivity contribution in [3.8, 4) is 0 Å². The minimum atomic E-state index is -0.355. The number of carbonyl (C=O) groups excluding carboxylic acids is 2. The third-order valence-electron chi connectivity index (χ3n) is 5.58. The Kier molecular flexibility index (Phi) is 5.71. The number of piperazine rings is 1. The molecule has 1 saturated heterocycles. The first kappa shape index (κ1) is 17.9. The molecule has 1 aromatic rings. The second-order valence-electron chi connectivity index (χ2n) is 7.33. The Morgan fingerprint density at radius 1 is 1.08 bits per heavy atom. The summed E-state index contributed by atoms with van der Waals surface area (Å²) < 4.78 is 13.7. The fourth-order valence-corrected chi connectivity index (χ4v) is 3.85. The number of aryl methyl sites for hydroxylation is 1. The normalized spacial score (nSPS) is 18.6. The summed E-state index contributed by atoms with van der Waals surface area (Å²) in [5.74, 6) is 0.423. The van der Waals surface area contributed by atoms with Crippen LogP contribution in [0, 0.1) is 18.7 Å². The highest BCUT2D eigenvalue weighted by Crippen LogP contribution is 2.28. The molecule has 1 aromatic carbocycles. The smallest absolute Gasteiger partial charge is 0.254 e. The van der Waals surface area contributed by atoms with Crippen molar-refractivity contribution in [3.63, 3.8) is 0 Å². The van der Waals surface area contributed by atoms with E-state index < -0.39 is 0 Å². The number of amides is 2. The lowest BCUT2D eigenvalue weighted by Crippen LogP contribution is -2.50. The van der Waals surface area contributed by atoms with Gasteiger partial charge in [0.25, 0.3) is 5.91 Å². The summed E-state index contributed by atoms with van der Waals surface area (Å²) in [7, 11) is 0. The molecular weight excluding hydrogens is 319 g/mol. The second kappa shape index (κ2) is 7.98. The van der Waals surface area contributed by atoms with Crippen LogP contribution in [0.4, 0.5) is 4.39 Å². The lowest BCUT2D eigenvalue weighted by atomic mass is 10.0. The molecule has 0 bridgehead atoms. The van der Waals surface area contributed by atoms with Crippen molar-refractivity contribution in [3.05, 3.63) is 35.1 Å². The van der Waals surface area contributed by atoms with Crippen molar-refractivity contribution in [2.24, 2.45) is 5.92 Å². The quantitative estimate of drug-likeness (QED) is 0.838. The molecule has 2 aliphatic rings. The van der Waals surface area contributed by atoms with E-state index in [1.54, 1.807) is 24.0 Å². The summed E-state index contributed by atoms with van der Waals surface area (Å²) in [6.07, 6.45) is 6.77. The van der Waals surface area contributed by atoms with Gasteiger partial charge < -0.3 is 9.80 Å². The van der Waals surface area contributed by atoms with Gasteiger partial charge in [-0.25, -0.2) is 4.39 Å². The van der Waals surface area contributed by atoms with Crippen molar-refractivity contribution in [2.45, 2.75) is 45.4 Å². The van der Waals surface area contributed by atoms with Crippen LogP contribution in [-0.2, 0) is 4.79 Å². The van der Waals surface area contributed by atoms with Gasteiger partial charge in [-0.1, -0.05) is 31.7 Å². The van der Waals surface area contributed by atoms with Crippen LogP contribution in [0.3, 0.4) is 0 Å². The van der Waals surface area contributed by atoms with Crippen LogP contribution in [0.5, 0.6) is 0 Å². The van der Waals surface area contributed by atoms with E-state index in [2.05, 4.69) is 0 Å². The summed E-state index contributed by atoms with van der Waals surface area (Å²) in [5, 5.41) is 0. The van der Waals surface area contributed by atoms with Crippen LogP contribution in [0.2, 0.25) is 0 Å². The molecule has 0 radical (unpaired) electrons. The average molecular weight is 346 g/mol. The Morgan fingerprint density at radius 3 is 2.36 bits per heavy atom. The zero-order valence-corrected chi connectivity index (χ0v) is 15.0. The molecule has 4 nitrogen and oxygen atoms in total. The SMILES string of the molecule is Cc1ccc(C(=O)N2CCN(C(=O)CCC3CCCC3)CC2)cc1F. The van der Waals surface area contributed by atoms with E-state index in [-0.39, 0.29) is 17.6 Å². The van der Waals surface area contributed by atoms with E-state index in [9.17, 15) is 14.0 Å². The number of hydrogen-bond donors (Lipinski definition) is 0. The number of nitrogens with zero attached hydrogens (tertiary/aromatic N) is 2. The third kappa shape index (κ3) is 4.39. The van der Waals surface area contributed by atoms with Crippen LogP contribution < -0.4 is 0 Å². The highest BCUT2D eigenvalue weighted by atomic mass is 19.1. The molecule has 0 unspecified atom stereocenters. The monoisotopic (exact) mass is 346 g/mol. The maximum atomic E-state index is 13.7. The molecule has 0 N–H and O–H groups in total. The molecule has 2 fully saturated rings. The molecule has 1 aliphatic carbocycles. The summed E-state index contributed by atoms with van der Waals surface area (Å²) >= 11 is 0.